The zero-order chi connectivity index (χ0) is 14.8. The topological polar surface area (TPSA) is 104 Å². The van der Waals surface area contributed by atoms with E-state index in [9.17, 15) is 4.79 Å². The molecular weight excluding hydrogens is 288 g/mol. The largest absolute Gasteiger partial charge is 0.493 e. The second-order valence-corrected chi connectivity index (χ2v) is 5.58. The Hall–Kier alpha value is -2.28. The number of fused-ring (bicyclic) bond motifs is 1. The molecule has 0 fully saturated rings. The number of nitrogens with zero attached hydrogens (tertiary/aromatic N) is 2. The molecule has 108 valence electrons. The Labute approximate surface area is 125 Å². The number of anilines is 2. The normalized spacial score (nSPS) is 12.8. The molecule has 2 aromatic rings. The number of rotatable bonds is 4. The molecule has 21 heavy (non-hydrogen) atoms. The highest BCUT2D eigenvalue weighted by Crippen LogP contribution is 2.26. The Morgan fingerprint density at radius 2 is 2.00 bits per heavy atom. The van der Waals surface area contributed by atoms with Crippen LogP contribution in [0.2, 0.25) is 0 Å². The molecule has 0 amide bonds. The van der Waals surface area contributed by atoms with Gasteiger partial charge in [0, 0.05) is 18.1 Å². The smallest absolute Gasteiger partial charge is 0.191 e. The zero-order valence-electron chi connectivity index (χ0n) is 11.2. The first kappa shape index (κ1) is 13.7. The van der Waals surface area contributed by atoms with Crippen molar-refractivity contribution in [3.63, 3.8) is 0 Å². The van der Waals surface area contributed by atoms with Crippen LogP contribution >= 0.6 is 11.8 Å². The van der Waals surface area contributed by atoms with E-state index in [4.69, 9.17) is 16.2 Å². The van der Waals surface area contributed by atoms with Crippen molar-refractivity contribution < 1.29 is 9.53 Å². The van der Waals surface area contributed by atoms with Crippen molar-refractivity contribution in [2.75, 3.05) is 23.8 Å². The number of hydrogen-bond donors (Lipinski definition) is 2. The second kappa shape index (κ2) is 5.61. The summed E-state index contributed by atoms with van der Waals surface area (Å²) in [4.78, 5) is 20.3. The molecule has 2 heterocycles. The van der Waals surface area contributed by atoms with Crippen molar-refractivity contribution in [3.8, 4) is 5.75 Å². The molecule has 1 aliphatic rings. The van der Waals surface area contributed by atoms with Gasteiger partial charge >= 0.3 is 0 Å². The van der Waals surface area contributed by atoms with Gasteiger partial charge in [-0.15, -0.1) is 0 Å². The molecule has 0 saturated carbocycles. The molecule has 4 N–H and O–H groups in total. The predicted octanol–water partition coefficient (Wildman–Crippen LogP) is 1.55. The standard InChI is InChI=1S/C14H14N4O2S/c15-12-6-13(16)18-14(17-12)21-7-10(19)8-1-2-11-9(5-8)3-4-20-11/h1-2,5-6H,3-4,7H2,(H4,15,16,17,18). The molecule has 0 atom stereocenters. The van der Waals surface area contributed by atoms with Gasteiger partial charge < -0.3 is 16.2 Å². The molecule has 0 saturated heterocycles. The van der Waals surface area contributed by atoms with Crippen molar-refractivity contribution in [3.05, 3.63) is 35.4 Å². The van der Waals surface area contributed by atoms with E-state index in [0.717, 1.165) is 17.7 Å². The van der Waals surface area contributed by atoms with E-state index in [1.54, 1.807) is 6.07 Å². The summed E-state index contributed by atoms with van der Waals surface area (Å²) in [6, 6.07) is 6.99. The molecule has 1 aromatic heterocycles. The van der Waals surface area contributed by atoms with Gasteiger partial charge in [-0.2, -0.15) is 0 Å². The molecule has 1 aromatic carbocycles. The first-order valence-corrected chi connectivity index (χ1v) is 7.42. The van der Waals surface area contributed by atoms with Gasteiger partial charge in [0.1, 0.15) is 17.4 Å². The summed E-state index contributed by atoms with van der Waals surface area (Å²) in [5.41, 5.74) is 12.9. The fourth-order valence-electron chi connectivity index (χ4n) is 2.10. The monoisotopic (exact) mass is 302 g/mol. The minimum absolute atomic E-state index is 0.0132. The van der Waals surface area contributed by atoms with Crippen molar-refractivity contribution in [1.29, 1.82) is 0 Å². The number of nitrogens with two attached hydrogens (primary N) is 2. The predicted molar refractivity (Wildman–Crippen MR) is 81.6 cm³/mol. The summed E-state index contributed by atoms with van der Waals surface area (Å²) in [5, 5.41) is 0.408. The fraction of sp³-hybridized carbons (Fsp3) is 0.214. The number of benzene rings is 1. The first-order valence-electron chi connectivity index (χ1n) is 6.43. The van der Waals surface area contributed by atoms with Crippen LogP contribution in [0.15, 0.2) is 29.4 Å². The SMILES string of the molecule is Nc1cc(N)nc(SCC(=O)c2ccc3c(c2)CCO3)n1. The summed E-state index contributed by atoms with van der Waals surface area (Å²) in [6.07, 6.45) is 0.846. The lowest BCUT2D eigenvalue weighted by Gasteiger charge is -2.04. The van der Waals surface area contributed by atoms with Crippen molar-refractivity contribution in [2.24, 2.45) is 0 Å². The number of hydrogen-bond acceptors (Lipinski definition) is 7. The summed E-state index contributed by atoms with van der Waals surface area (Å²) < 4.78 is 5.42. The minimum Gasteiger partial charge on any atom is -0.493 e. The van der Waals surface area contributed by atoms with E-state index in [2.05, 4.69) is 9.97 Å². The van der Waals surface area contributed by atoms with Crippen LogP contribution < -0.4 is 16.2 Å². The van der Waals surface area contributed by atoms with Gasteiger partial charge in [0.25, 0.3) is 0 Å². The number of ketones is 1. The van der Waals surface area contributed by atoms with E-state index >= 15 is 0 Å². The van der Waals surface area contributed by atoms with E-state index in [1.165, 1.54) is 17.8 Å². The highest BCUT2D eigenvalue weighted by molar-refractivity contribution is 7.99. The molecule has 1 aliphatic heterocycles. The lowest BCUT2D eigenvalue weighted by atomic mass is 10.1. The maximum atomic E-state index is 12.2. The van der Waals surface area contributed by atoms with E-state index in [1.807, 2.05) is 12.1 Å². The number of carbonyl (C=O) groups is 1. The van der Waals surface area contributed by atoms with Crippen LogP contribution in [0.5, 0.6) is 5.75 Å². The maximum Gasteiger partial charge on any atom is 0.191 e. The van der Waals surface area contributed by atoms with Crippen LogP contribution in [0, 0.1) is 0 Å². The third-order valence-corrected chi connectivity index (χ3v) is 3.94. The van der Waals surface area contributed by atoms with Crippen molar-refractivity contribution in [2.45, 2.75) is 11.6 Å². The molecule has 3 rings (SSSR count). The van der Waals surface area contributed by atoms with Gasteiger partial charge in [0.15, 0.2) is 10.9 Å². The lowest BCUT2D eigenvalue weighted by molar-refractivity contribution is 0.102. The second-order valence-electron chi connectivity index (χ2n) is 4.63. The van der Waals surface area contributed by atoms with Crippen LogP contribution in [0.25, 0.3) is 0 Å². The van der Waals surface area contributed by atoms with Crippen LogP contribution in [0.3, 0.4) is 0 Å². The Morgan fingerprint density at radius 1 is 1.24 bits per heavy atom. The molecule has 0 bridgehead atoms. The van der Waals surface area contributed by atoms with Crippen LogP contribution in [0.4, 0.5) is 11.6 Å². The quantitative estimate of drug-likeness (QED) is 0.501. The number of aromatic nitrogens is 2. The third kappa shape index (κ3) is 3.08. The fourth-order valence-corrected chi connectivity index (χ4v) is 2.87. The van der Waals surface area contributed by atoms with Crippen LogP contribution in [0.1, 0.15) is 15.9 Å². The van der Waals surface area contributed by atoms with E-state index in [-0.39, 0.29) is 11.5 Å². The van der Waals surface area contributed by atoms with Gasteiger partial charge in [-0.3, -0.25) is 4.79 Å². The van der Waals surface area contributed by atoms with Gasteiger partial charge in [-0.05, 0) is 23.8 Å². The average Bonchev–Trinajstić information content (AvgIpc) is 2.91. The third-order valence-electron chi connectivity index (χ3n) is 3.09. The molecular formula is C14H14N4O2S. The number of nitrogen functional groups attached to an aromatic ring is 2. The summed E-state index contributed by atoms with van der Waals surface area (Å²) in [7, 11) is 0. The van der Waals surface area contributed by atoms with E-state index in [0.29, 0.717) is 29.0 Å². The molecule has 6 nitrogen and oxygen atoms in total. The van der Waals surface area contributed by atoms with Crippen LogP contribution in [-0.2, 0) is 6.42 Å². The molecule has 0 unspecified atom stereocenters. The van der Waals surface area contributed by atoms with Crippen LogP contribution in [-0.4, -0.2) is 28.1 Å². The number of Topliss-reactive ketones (excluding diaryl/α,β-unsaturated/α-hetero) is 1. The molecule has 0 spiro atoms. The van der Waals surface area contributed by atoms with Gasteiger partial charge in [0.05, 0.1) is 12.4 Å². The minimum atomic E-state index is 0.0132. The Kier molecular flexibility index (Phi) is 3.66. The number of carbonyl (C=O) groups excluding carboxylic acids is 1. The summed E-state index contributed by atoms with van der Waals surface area (Å²) in [5.74, 6) is 1.72. The van der Waals surface area contributed by atoms with E-state index < -0.39 is 0 Å². The average molecular weight is 302 g/mol. The number of ether oxygens (including phenoxy) is 1. The molecule has 7 heteroatoms. The first-order chi connectivity index (χ1) is 10.1. The summed E-state index contributed by atoms with van der Waals surface area (Å²) in [6.45, 7) is 0.679. The summed E-state index contributed by atoms with van der Waals surface area (Å²) >= 11 is 1.22. The highest BCUT2D eigenvalue weighted by Gasteiger charge is 2.15. The Morgan fingerprint density at radius 3 is 2.76 bits per heavy atom. The van der Waals surface area contributed by atoms with Crippen molar-refractivity contribution >= 4 is 29.2 Å². The maximum absolute atomic E-state index is 12.2. The van der Waals surface area contributed by atoms with Gasteiger partial charge in [-0.1, -0.05) is 11.8 Å². The highest BCUT2D eigenvalue weighted by atomic mass is 32.2. The lowest BCUT2D eigenvalue weighted by Crippen LogP contribution is -2.05. The van der Waals surface area contributed by atoms with Gasteiger partial charge in [-0.25, -0.2) is 9.97 Å². The Balaban J connectivity index is 1.69. The van der Waals surface area contributed by atoms with Crippen molar-refractivity contribution in [1.82, 2.24) is 9.97 Å². The Bertz CT molecular complexity index is 685. The zero-order valence-corrected chi connectivity index (χ0v) is 12.0. The molecule has 0 radical (unpaired) electrons. The van der Waals surface area contributed by atoms with Gasteiger partial charge in [0.2, 0.25) is 0 Å². The molecule has 0 aliphatic carbocycles. The number of thioether (sulfide) groups is 1.